The van der Waals surface area contributed by atoms with E-state index in [1.165, 1.54) is 19.4 Å². The van der Waals surface area contributed by atoms with Crippen molar-refractivity contribution in [3.8, 4) is 0 Å². The summed E-state index contributed by atoms with van der Waals surface area (Å²) in [7, 11) is 2.18. The van der Waals surface area contributed by atoms with Gasteiger partial charge in [0.1, 0.15) is 0 Å². The molecule has 1 aromatic heterocycles. The summed E-state index contributed by atoms with van der Waals surface area (Å²) in [5, 5.41) is 20.1. The van der Waals surface area contributed by atoms with E-state index in [0.29, 0.717) is 12.6 Å². The second-order valence-electron chi connectivity index (χ2n) is 4.60. The van der Waals surface area contributed by atoms with Crippen molar-refractivity contribution in [2.45, 2.75) is 32.0 Å². The Morgan fingerprint density at radius 3 is 3.18 bits per heavy atom. The third-order valence-electron chi connectivity index (χ3n) is 3.27. The van der Waals surface area contributed by atoms with Crippen LogP contribution in [-0.4, -0.2) is 57.8 Å². The van der Waals surface area contributed by atoms with Gasteiger partial charge in [-0.3, -0.25) is 0 Å². The minimum Gasteiger partial charge on any atom is -0.394 e. The molecule has 1 saturated heterocycles. The zero-order valence-electron chi connectivity index (χ0n) is 10.3. The Labute approximate surface area is 102 Å². The van der Waals surface area contributed by atoms with Crippen molar-refractivity contribution < 1.29 is 5.11 Å². The van der Waals surface area contributed by atoms with Gasteiger partial charge in [-0.05, 0) is 26.4 Å². The van der Waals surface area contributed by atoms with Crippen molar-refractivity contribution in [3.05, 3.63) is 11.9 Å². The Hall–Kier alpha value is -0.980. The van der Waals surface area contributed by atoms with E-state index in [4.69, 9.17) is 5.11 Å². The molecule has 0 radical (unpaired) electrons. The number of aliphatic hydroxyl groups is 1. The normalized spacial score (nSPS) is 21.2. The first-order valence-electron chi connectivity index (χ1n) is 6.20. The second kappa shape index (κ2) is 6.09. The molecule has 1 aliphatic rings. The lowest BCUT2D eigenvalue weighted by Gasteiger charge is -2.19. The predicted octanol–water partition coefficient (Wildman–Crippen LogP) is -0.546. The van der Waals surface area contributed by atoms with Crippen LogP contribution < -0.4 is 5.32 Å². The molecular weight excluding hydrogens is 218 g/mol. The van der Waals surface area contributed by atoms with Crippen LogP contribution in [0.25, 0.3) is 0 Å². The molecule has 6 nitrogen and oxygen atoms in total. The molecule has 2 N–H and O–H groups in total. The number of hydrogen-bond donors (Lipinski definition) is 2. The highest BCUT2D eigenvalue weighted by atomic mass is 16.3. The lowest BCUT2D eigenvalue weighted by atomic mass is 10.2. The van der Waals surface area contributed by atoms with Gasteiger partial charge in [0.15, 0.2) is 0 Å². The maximum atomic E-state index is 8.77. The van der Waals surface area contributed by atoms with Crippen LogP contribution in [0.1, 0.15) is 18.5 Å². The first-order valence-corrected chi connectivity index (χ1v) is 6.20. The van der Waals surface area contributed by atoms with Gasteiger partial charge in [0.05, 0.1) is 18.8 Å². The zero-order valence-corrected chi connectivity index (χ0v) is 10.3. The van der Waals surface area contributed by atoms with Crippen molar-refractivity contribution >= 4 is 0 Å². The zero-order chi connectivity index (χ0) is 12.1. The minimum absolute atomic E-state index is 0.100. The number of likely N-dealkylation sites (tertiary alicyclic amines) is 1. The van der Waals surface area contributed by atoms with E-state index in [1.54, 1.807) is 4.68 Å². The SMILES string of the molecule is CN1CCCC1CNCc1cn(CCO)nn1. The van der Waals surface area contributed by atoms with Crippen molar-refractivity contribution in [1.82, 2.24) is 25.2 Å². The molecular formula is C11H21N5O. The quantitative estimate of drug-likeness (QED) is 0.697. The van der Waals surface area contributed by atoms with Gasteiger partial charge in [-0.1, -0.05) is 5.21 Å². The van der Waals surface area contributed by atoms with E-state index in [0.717, 1.165) is 18.8 Å². The molecule has 6 heteroatoms. The van der Waals surface area contributed by atoms with Crippen LogP contribution in [0.15, 0.2) is 6.20 Å². The molecule has 0 amide bonds. The Balaban J connectivity index is 1.70. The largest absolute Gasteiger partial charge is 0.394 e. The Kier molecular flexibility index (Phi) is 4.47. The van der Waals surface area contributed by atoms with Gasteiger partial charge < -0.3 is 15.3 Å². The van der Waals surface area contributed by atoms with E-state index in [2.05, 4.69) is 27.6 Å². The predicted molar refractivity (Wildman–Crippen MR) is 64.5 cm³/mol. The summed E-state index contributed by atoms with van der Waals surface area (Å²) in [5.41, 5.74) is 0.930. The summed E-state index contributed by atoms with van der Waals surface area (Å²) >= 11 is 0. The van der Waals surface area contributed by atoms with Gasteiger partial charge in [-0.25, -0.2) is 4.68 Å². The van der Waals surface area contributed by atoms with Crippen molar-refractivity contribution in [1.29, 1.82) is 0 Å². The molecule has 0 spiro atoms. The summed E-state index contributed by atoms with van der Waals surface area (Å²) < 4.78 is 1.67. The van der Waals surface area contributed by atoms with E-state index >= 15 is 0 Å². The Bertz CT molecular complexity index is 340. The molecule has 1 atom stereocenters. The summed E-state index contributed by atoms with van der Waals surface area (Å²) in [4.78, 5) is 2.40. The number of aliphatic hydroxyl groups excluding tert-OH is 1. The number of aromatic nitrogens is 3. The lowest BCUT2D eigenvalue weighted by molar-refractivity contribution is 0.268. The molecule has 1 fully saturated rings. The molecule has 2 heterocycles. The number of rotatable bonds is 6. The van der Waals surface area contributed by atoms with E-state index in [1.807, 2.05) is 6.20 Å². The van der Waals surface area contributed by atoms with Crippen LogP contribution >= 0.6 is 0 Å². The molecule has 17 heavy (non-hydrogen) atoms. The molecule has 0 saturated carbocycles. The fourth-order valence-corrected chi connectivity index (χ4v) is 2.24. The van der Waals surface area contributed by atoms with Crippen LogP contribution in [0.4, 0.5) is 0 Å². The molecule has 0 aromatic carbocycles. The van der Waals surface area contributed by atoms with Gasteiger partial charge in [-0.15, -0.1) is 5.10 Å². The Morgan fingerprint density at radius 2 is 2.47 bits per heavy atom. The maximum Gasteiger partial charge on any atom is 0.0964 e. The highest BCUT2D eigenvalue weighted by Gasteiger charge is 2.19. The third kappa shape index (κ3) is 3.49. The van der Waals surface area contributed by atoms with Gasteiger partial charge in [0.2, 0.25) is 0 Å². The molecule has 1 unspecified atom stereocenters. The summed E-state index contributed by atoms with van der Waals surface area (Å²) in [5.74, 6) is 0. The summed E-state index contributed by atoms with van der Waals surface area (Å²) in [6.45, 7) is 3.57. The number of nitrogens with zero attached hydrogens (tertiary/aromatic N) is 4. The fourth-order valence-electron chi connectivity index (χ4n) is 2.24. The third-order valence-corrected chi connectivity index (χ3v) is 3.27. The van der Waals surface area contributed by atoms with Gasteiger partial charge in [0, 0.05) is 25.3 Å². The number of nitrogens with one attached hydrogen (secondary N) is 1. The monoisotopic (exact) mass is 239 g/mol. The van der Waals surface area contributed by atoms with Crippen LogP contribution in [0.3, 0.4) is 0 Å². The molecule has 0 aliphatic carbocycles. The first-order chi connectivity index (χ1) is 8.29. The fraction of sp³-hybridized carbons (Fsp3) is 0.818. The van der Waals surface area contributed by atoms with Gasteiger partial charge in [-0.2, -0.15) is 0 Å². The van der Waals surface area contributed by atoms with Crippen LogP contribution in [0.2, 0.25) is 0 Å². The summed E-state index contributed by atoms with van der Waals surface area (Å²) in [6.07, 6.45) is 4.46. The smallest absolute Gasteiger partial charge is 0.0964 e. The average Bonchev–Trinajstić information content (AvgIpc) is 2.90. The molecule has 0 bridgehead atoms. The lowest BCUT2D eigenvalue weighted by Crippen LogP contribution is -2.35. The second-order valence-corrected chi connectivity index (χ2v) is 4.60. The molecule has 1 aromatic rings. The van der Waals surface area contributed by atoms with Crippen molar-refractivity contribution in [2.24, 2.45) is 0 Å². The van der Waals surface area contributed by atoms with Crippen LogP contribution in [0, 0.1) is 0 Å². The molecule has 2 rings (SSSR count). The first kappa shape index (κ1) is 12.5. The van der Waals surface area contributed by atoms with Gasteiger partial charge >= 0.3 is 0 Å². The number of likely N-dealkylation sites (N-methyl/N-ethyl adjacent to an activating group) is 1. The van der Waals surface area contributed by atoms with E-state index < -0.39 is 0 Å². The maximum absolute atomic E-state index is 8.77. The van der Waals surface area contributed by atoms with Gasteiger partial charge in [0.25, 0.3) is 0 Å². The highest BCUT2D eigenvalue weighted by molar-refractivity contribution is 4.92. The summed E-state index contributed by atoms with van der Waals surface area (Å²) in [6, 6.07) is 0.655. The van der Waals surface area contributed by atoms with Crippen molar-refractivity contribution in [3.63, 3.8) is 0 Å². The number of hydrogen-bond acceptors (Lipinski definition) is 5. The van der Waals surface area contributed by atoms with Crippen LogP contribution in [0.5, 0.6) is 0 Å². The standard InChI is InChI=1S/C11H21N5O/c1-15-4-2-3-11(15)8-12-7-10-9-16(5-6-17)14-13-10/h9,11-12,17H,2-8H2,1H3. The average molecular weight is 239 g/mol. The van der Waals surface area contributed by atoms with Crippen LogP contribution in [-0.2, 0) is 13.1 Å². The van der Waals surface area contributed by atoms with Crippen molar-refractivity contribution in [2.75, 3.05) is 26.7 Å². The Morgan fingerprint density at radius 1 is 1.59 bits per heavy atom. The van der Waals surface area contributed by atoms with E-state index in [-0.39, 0.29) is 6.61 Å². The molecule has 96 valence electrons. The molecule has 1 aliphatic heterocycles. The highest BCUT2D eigenvalue weighted by Crippen LogP contribution is 2.13. The minimum atomic E-state index is 0.100. The topological polar surface area (TPSA) is 66.2 Å². The van der Waals surface area contributed by atoms with E-state index in [9.17, 15) is 0 Å².